The minimum atomic E-state index is 0.0487. The molecular formula is C22H25N2OP. The minimum Gasteiger partial charge on any atom is -0.507 e. The van der Waals surface area contributed by atoms with Crippen LogP contribution in [-0.2, 0) is 5.41 Å². The number of phenolic OH excluding ortho intramolecular Hbond substituents is 1. The van der Waals surface area contributed by atoms with Crippen molar-refractivity contribution >= 4 is 25.4 Å². The van der Waals surface area contributed by atoms with Crippen LogP contribution in [-0.4, -0.2) is 16.0 Å². The maximum absolute atomic E-state index is 10.6. The summed E-state index contributed by atoms with van der Waals surface area (Å²) in [5, 5.41) is 17.2. The van der Waals surface area contributed by atoms with E-state index < -0.39 is 0 Å². The zero-order valence-corrected chi connectivity index (χ0v) is 16.7. The summed E-state index contributed by atoms with van der Waals surface area (Å²) in [5.41, 5.74) is 3.29. The van der Waals surface area contributed by atoms with E-state index in [1.807, 2.05) is 49.8 Å². The Hall–Kier alpha value is -2.38. The topological polar surface area (TPSA) is 37.5 Å². The van der Waals surface area contributed by atoms with Gasteiger partial charge in [0.1, 0.15) is 5.75 Å². The van der Waals surface area contributed by atoms with Gasteiger partial charge in [-0.05, 0) is 47.0 Å². The summed E-state index contributed by atoms with van der Waals surface area (Å²) in [5.74, 6) is 0.397. The highest BCUT2D eigenvalue weighted by molar-refractivity contribution is 7.56. The zero-order chi connectivity index (χ0) is 18.7. The second kappa shape index (κ2) is 7.47. The summed E-state index contributed by atoms with van der Waals surface area (Å²) in [7, 11) is 0.371. The van der Waals surface area contributed by atoms with Crippen molar-refractivity contribution < 1.29 is 5.11 Å². The molecule has 0 saturated carbocycles. The average Bonchev–Trinajstić information content (AvgIpc) is 3.10. The number of hydrogen-bond donors (Lipinski definition) is 1. The highest BCUT2D eigenvalue weighted by Gasteiger charge is 2.18. The largest absolute Gasteiger partial charge is 0.507 e. The average molecular weight is 364 g/mol. The van der Waals surface area contributed by atoms with E-state index in [9.17, 15) is 5.11 Å². The van der Waals surface area contributed by atoms with E-state index >= 15 is 0 Å². The lowest BCUT2D eigenvalue weighted by molar-refractivity contribution is 0.474. The molecule has 0 spiro atoms. The molecule has 0 saturated heterocycles. The van der Waals surface area contributed by atoms with Gasteiger partial charge in [-0.1, -0.05) is 59.7 Å². The van der Waals surface area contributed by atoms with E-state index in [1.54, 1.807) is 4.68 Å². The molecule has 0 aliphatic heterocycles. The Morgan fingerprint density at radius 3 is 2.38 bits per heavy atom. The second-order valence-electron chi connectivity index (χ2n) is 7.46. The molecular weight excluding hydrogens is 339 g/mol. The standard InChI is InChI=1S/C22H25N2OP/c1-16-13-18(22(2,3)4)14-20(21(16)25)26-19-10-6-5-9-17(19)15-23-24-11-7-8-12-24/h5-15,25-26H,1-4H3/b23-15+. The van der Waals surface area contributed by atoms with E-state index in [4.69, 9.17) is 0 Å². The third-order valence-corrected chi connectivity index (χ3v) is 5.69. The molecule has 1 aromatic heterocycles. The number of phenols is 1. The number of benzene rings is 2. The predicted molar refractivity (Wildman–Crippen MR) is 113 cm³/mol. The number of rotatable bonds is 4. The molecule has 2 aromatic carbocycles. The van der Waals surface area contributed by atoms with Crippen molar-refractivity contribution in [1.82, 2.24) is 4.68 Å². The Morgan fingerprint density at radius 2 is 1.69 bits per heavy atom. The molecule has 3 aromatic rings. The van der Waals surface area contributed by atoms with Gasteiger partial charge >= 0.3 is 0 Å². The molecule has 134 valence electrons. The van der Waals surface area contributed by atoms with Gasteiger partial charge in [0.05, 0.1) is 6.21 Å². The molecule has 0 aliphatic rings. The van der Waals surface area contributed by atoms with Gasteiger partial charge in [0.2, 0.25) is 0 Å². The Kier molecular flexibility index (Phi) is 5.29. The molecule has 0 amide bonds. The first-order valence-corrected chi connectivity index (χ1v) is 9.72. The summed E-state index contributed by atoms with van der Waals surface area (Å²) in [6.45, 7) is 8.56. The third kappa shape index (κ3) is 4.23. The molecule has 4 heteroatoms. The van der Waals surface area contributed by atoms with Crippen molar-refractivity contribution in [2.75, 3.05) is 0 Å². The number of aromatic nitrogens is 1. The first-order valence-electron chi connectivity index (χ1n) is 8.72. The van der Waals surface area contributed by atoms with Crippen LogP contribution in [0.5, 0.6) is 5.75 Å². The lowest BCUT2D eigenvalue weighted by atomic mass is 9.86. The summed E-state index contributed by atoms with van der Waals surface area (Å²) >= 11 is 0. The number of hydrogen-bond acceptors (Lipinski definition) is 2. The van der Waals surface area contributed by atoms with E-state index in [-0.39, 0.29) is 5.41 Å². The van der Waals surface area contributed by atoms with Gasteiger partial charge < -0.3 is 5.11 Å². The lowest BCUT2D eigenvalue weighted by Crippen LogP contribution is -2.16. The Bertz CT molecular complexity index is 922. The van der Waals surface area contributed by atoms with Crippen LogP contribution < -0.4 is 10.6 Å². The molecule has 1 heterocycles. The molecule has 3 nitrogen and oxygen atoms in total. The van der Waals surface area contributed by atoms with Gasteiger partial charge in [-0.2, -0.15) is 5.10 Å². The first kappa shape index (κ1) is 18.4. The lowest BCUT2D eigenvalue weighted by Gasteiger charge is -2.22. The maximum Gasteiger partial charge on any atom is 0.126 e. The van der Waals surface area contributed by atoms with Crippen molar-refractivity contribution in [2.24, 2.45) is 5.10 Å². The molecule has 0 fully saturated rings. The quantitative estimate of drug-likeness (QED) is 0.544. The van der Waals surface area contributed by atoms with Crippen molar-refractivity contribution in [3.63, 3.8) is 0 Å². The molecule has 1 unspecified atom stereocenters. The summed E-state index contributed by atoms with van der Waals surface area (Å²) in [6, 6.07) is 16.3. The van der Waals surface area contributed by atoms with Crippen LogP contribution >= 0.6 is 8.58 Å². The molecule has 1 N–H and O–H groups in total. The fraction of sp³-hybridized carbons (Fsp3) is 0.227. The van der Waals surface area contributed by atoms with Gasteiger partial charge in [-0.3, -0.25) is 0 Å². The Balaban J connectivity index is 1.96. The minimum absolute atomic E-state index is 0.0487. The van der Waals surface area contributed by atoms with E-state index in [1.165, 1.54) is 10.9 Å². The van der Waals surface area contributed by atoms with Gasteiger partial charge in [-0.15, -0.1) is 0 Å². The summed E-state index contributed by atoms with van der Waals surface area (Å²) in [6.07, 6.45) is 5.69. The first-order chi connectivity index (χ1) is 12.3. The van der Waals surface area contributed by atoms with Crippen molar-refractivity contribution in [3.8, 4) is 5.75 Å². The molecule has 0 bridgehead atoms. The molecule has 3 rings (SSSR count). The highest BCUT2D eigenvalue weighted by atomic mass is 31.1. The number of aromatic hydroxyl groups is 1. The SMILES string of the molecule is Cc1cc(C(C)(C)C)cc(Pc2ccccc2/C=N/n2cccc2)c1O. The smallest absolute Gasteiger partial charge is 0.126 e. The number of aryl methyl sites for hydroxylation is 1. The van der Waals surface area contributed by atoms with Crippen LogP contribution in [0.1, 0.15) is 37.5 Å². The number of nitrogens with zero attached hydrogens (tertiary/aromatic N) is 2. The Morgan fingerprint density at radius 1 is 1.00 bits per heavy atom. The normalized spacial score (nSPS) is 12.5. The fourth-order valence-electron chi connectivity index (χ4n) is 2.71. The maximum atomic E-state index is 10.6. The van der Waals surface area contributed by atoms with E-state index in [0.717, 1.165) is 16.4 Å². The predicted octanol–water partition coefficient (Wildman–Crippen LogP) is 4.31. The van der Waals surface area contributed by atoms with Crippen molar-refractivity contribution in [2.45, 2.75) is 33.1 Å². The molecule has 26 heavy (non-hydrogen) atoms. The van der Waals surface area contributed by atoms with Crippen LogP contribution in [0.3, 0.4) is 0 Å². The van der Waals surface area contributed by atoms with Crippen LogP contribution in [0.2, 0.25) is 0 Å². The third-order valence-electron chi connectivity index (χ3n) is 4.32. The fourth-order valence-corrected chi connectivity index (χ4v) is 4.01. The second-order valence-corrected chi connectivity index (χ2v) is 8.79. The van der Waals surface area contributed by atoms with Crippen molar-refractivity contribution in [3.05, 3.63) is 77.6 Å². The van der Waals surface area contributed by atoms with Crippen LogP contribution in [0.15, 0.2) is 66.0 Å². The summed E-state index contributed by atoms with van der Waals surface area (Å²) < 4.78 is 1.78. The van der Waals surface area contributed by atoms with Crippen molar-refractivity contribution in [1.29, 1.82) is 0 Å². The van der Waals surface area contributed by atoms with Crippen LogP contribution in [0, 0.1) is 6.92 Å². The summed E-state index contributed by atoms with van der Waals surface area (Å²) in [4.78, 5) is 0. The monoisotopic (exact) mass is 364 g/mol. The van der Waals surface area contributed by atoms with E-state index in [2.05, 4.69) is 50.1 Å². The van der Waals surface area contributed by atoms with Crippen LogP contribution in [0.4, 0.5) is 0 Å². The van der Waals surface area contributed by atoms with E-state index in [0.29, 0.717) is 14.3 Å². The van der Waals surface area contributed by atoms with Crippen LogP contribution in [0.25, 0.3) is 0 Å². The molecule has 0 radical (unpaired) electrons. The molecule has 0 aliphatic carbocycles. The van der Waals surface area contributed by atoms with Gasteiger partial charge in [0.15, 0.2) is 0 Å². The molecule has 1 atom stereocenters. The Labute approximate surface area is 157 Å². The van der Waals surface area contributed by atoms with Gasteiger partial charge in [0, 0.05) is 23.3 Å². The zero-order valence-electron chi connectivity index (χ0n) is 15.7. The van der Waals surface area contributed by atoms with Gasteiger partial charge in [-0.25, -0.2) is 4.68 Å². The highest BCUT2D eigenvalue weighted by Crippen LogP contribution is 2.29. The van der Waals surface area contributed by atoms with Gasteiger partial charge in [0.25, 0.3) is 0 Å².